The third-order valence-electron chi connectivity index (χ3n) is 2.51. The van der Waals surface area contributed by atoms with Crippen molar-refractivity contribution in [3.8, 4) is 0 Å². The number of carbonyl (C=O) groups excluding carboxylic acids is 1. The number of aromatic nitrogens is 2. The van der Waals surface area contributed by atoms with E-state index in [1.54, 1.807) is 24.3 Å². The van der Waals surface area contributed by atoms with Gasteiger partial charge in [-0.05, 0) is 18.2 Å². The Labute approximate surface area is 123 Å². The molecule has 0 spiro atoms. The Balaban J connectivity index is 2.63. The van der Waals surface area contributed by atoms with E-state index >= 15 is 0 Å². The van der Waals surface area contributed by atoms with Gasteiger partial charge >= 0.3 is 0 Å². The van der Waals surface area contributed by atoms with Crippen molar-refractivity contribution in [3.63, 3.8) is 0 Å². The first-order valence-corrected chi connectivity index (χ1v) is 7.03. The summed E-state index contributed by atoms with van der Waals surface area (Å²) in [6, 6.07) is 4.78. The molecule has 0 amide bonds. The number of thioether (sulfide) groups is 1. The number of halogens is 1. The average Bonchev–Trinajstić information content (AvgIpc) is 2.39. The van der Waals surface area contributed by atoms with E-state index in [-0.39, 0.29) is 17.9 Å². The molecule has 0 radical (unpaired) electrons. The van der Waals surface area contributed by atoms with Crippen molar-refractivity contribution in [1.82, 2.24) is 9.55 Å². The summed E-state index contributed by atoms with van der Waals surface area (Å²) in [5.41, 5.74) is 0.177. The number of fused-ring (bicyclic) bond motifs is 1. The zero-order valence-corrected chi connectivity index (χ0v) is 11.9. The van der Waals surface area contributed by atoms with Crippen LogP contribution in [0, 0.1) is 0 Å². The van der Waals surface area contributed by atoms with Crippen molar-refractivity contribution in [2.24, 2.45) is 0 Å². The molecule has 104 valence electrons. The lowest BCUT2D eigenvalue weighted by Gasteiger charge is -2.11. The van der Waals surface area contributed by atoms with E-state index in [1.165, 1.54) is 4.57 Å². The Morgan fingerprint density at radius 2 is 2.30 bits per heavy atom. The van der Waals surface area contributed by atoms with E-state index in [1.807, 2.05) is 0 Å². The van der Waals surface area contributed by atoms with E-state index in [9.17, 15) is 14.7 Å². The van der Waals surface area contributed by atoms with Crippen molar-refractivity contribution >= 4 is 40.2 Å². The number of aliphatic carboxylic acids is 1. The highest BCUT2D eigenvalue weighted by molar-refractivity contribution is 7.99. The molecule has 1 aromatic heterocycles. The largest absolute Gasteiger partial charge is 0.549 e. The molecule has 0 fully saturated rings. The second-order valence-corrected chi connectivity index (χ2v) is 5.30. The highest BCUT2D eigenvalue weighted by Crippen LogP contribution is 2.20. The van der Waals surface area contributed by atoms with Gasteiger partial charge in [0.25, 0.3) is 5.56 Å². The molecule has 5 nitrogen and oxygen atoms in total. The van der Waals surface area contributed by atoms with E-state index < -0.39 is 5.97 Å². The van der Waals surface area contributed by atoms with E-state index in [0.717, 1.165) is 11.8 Å². The molecule has 0 aliphatic rings. The van der Waals surface area contributed by atoms with Crippen molar-refractivity contribution in [1.29, 1.82) is 0 Å². The van der Waals surface area contributed by atoms with Gasteiger partial charge in [-0.3, -0.25) is 9.36 Å². The normalized spacial score (nSPS) is 10.7. The van der Waals surface area contributed by atoms with Gasteiger partial charge in [0, 0.05) is 17.3 Å². The van der Waals surface area contributed by atoms with Gasteiger partial charge in [-0.2, -0.15) is 0 Å². The number of allylic oxidation sites excluding steroid dienone is 1. The summed E-state index contributed by atoms with van der Waals surface area (Å²) in [5, 5.41) is 11.7. The Morgan fingerprint density at radius 1 is 1.55 bits per heavy atom. The monoisotopic (exact) mass is 309 g/mol. The standard InChI is InChI=1S/C13H11ClN2O3S/c1-2-5-16-12(19)9-4-3-8(14)6-10(9)15-13(16)20-7-11(17)18/h2-4,6H,1,5,7H2,(H,17,18)/p-1. The summed E-state index contributed by atoms with van der Waals surface area (Å²) >= 11 is 6.80. The fourth-order valence-electron chi connectivity index (χ4n) is 1.70. The van der Waals surface area contributed by atoms with Crippen LogP contribution in [0.2, 0.25) is 5.02 Å². The number of nitrogens with zero attached hydrogens (tertiary/aromatic N) is 2. The molecule has 2 aromatic rings. The molecule has 0 atom stereocenters. The number of hydrogen-bond donors (Lipinski definition) is 0. The van der Waals surface area contributed by atoms with Gasteiger partial charge in [0.05, 0.1) is 16.9 Å². The van der Waals surface area contributed by atoms with Crippen molar-refractivity contribution in [3.05, 3.63) is 46.2 Å². The zero-order valence-electron chi connectivity index (χ0n) is 10.3. The van der Waals surface area contributed by atoms with Gasteiger partial charge in [-0.25, -0.2) is 4.98 Å². The van der Waals surface area contributed by atoms with Crippen molar-refractivity contribution in [2.45, 2.75) is 11.7 Å². The van der Waals surface area contributed by atoms with Crippen molar-refractivity contribution in [2.75, 3.05) is 5.75 Å². The fraction of sp³-hybridized carbons (Fsp3) is 0.154. The predicted octanol–water partition coefficient (Wildman–Crippen LogP) is 1.08. The van der Waals surface area contributed by atoms with E-state index in [2.05, 4.69) is 11.6 Å². The van der Waals surface area contributed by atoms with Crippen LogP contribution in [0.3, 0.4) is 0 Å². The molecule has 20 heavy (non-hydrogen) atoms. The predicted molar refractivity (Wildman–Crippen MR) is 76.9 cm³/mol. The molecule has 0 N–H and O–H groups in total. The molecule has 0 unspecified atom stereocenters. The van der Waals surface area contributed by atoms with Crippen LogP contribution >= 0.6 is 23.4 Å². The molecule has 2 rings (SSSR count). The number of benzene rings is 1. The number of carboxylic acids is 1. The van der Waals surface area contributed by atoms with Gasteiger partial charge in [0.2, 0.25) is 0 Å². The number of hydrogen-bond acceptors (Lipinski definition) is 5. The molecular formula is C13H10ClN2O3S-. The second-order valence-electron chi connectivity index (χ2n) is 3.92. The molecule has 0 aliphatic heterocycles. The molecule has 0 saturated carbocycles. The molecule has 0 aliphatic carbocycles. The van der Waals surface area contributed by atoms with Crippen molar-refractivity contribution < 1.29 is 9.90 Å². The van der Waals surface area contributed by atoms with Crippen LogP contribution in [-0.4, -0.2) is 21.3 Å². The minimum atomic E-state index is -1.22. The number of rotatable bonds is 5. The quantitative estimate of drug-likeness (QED) is 0.469. The Hall–Kier alpha value is -1.79. The zero-order chi connectivity index (χ0) is 14.7. The maximum absolute atomic E-state index is 12.4. The van der Waals surface area contributed by atoms with Crippen LogP contribution < -0.4 is 10.7 Å². The average molecular weight is 310 g/mol. The fourth-order valence-corrected chi connectivity index (χ4v) is 2.59. The second kappa shape index (κ2) is 6.11. The van der Waals surface area contributed by atoms with Crippen LogP contribution in [0.4, 0.5) is 0 Å². The van der Waals surface area contributed by atoms with Crippen LogP contribution in [0.5, 0.6) is 0 Å². The molecule has 1 aromatic carbocycles. The summed E-state index contributed by atoms with van der Waals surface area (Å²) in [5.74, 6) is -1.50. The van der Waals surface area contributed by atoms with Gasteiger partial charge in [0.1, 0.15) is 0 Å². The summed E-state index contributed by atoms with van der Waals surface area (Å²) in [6.45, 7) is 3.83. The Kier molecular flexibility index (Phi) is 4.46. The topological polar surface area (TPSA) is 75.0 Å². The lowest BCUT2D eigenvalue weighted by atomic mass is 10.2. The number of carboxylic acid groups (broad SMARTS) is 1. The summed E-state index contributed by atoms with van der Waals surface area (Å²) in [4.78, 5) is 27.2. The van der Waals surface area contributed by atoms with Gasteiger partial charge in [-0.1, -0.05) is 29.4 Å². The third kappa shape index (κ3) is 3.02. The van der Waals surface area contributed by atoms with Crippen LogP contribution in [0.1, 0.15) is 0 Å². The van der Waals surface area contributed by atoms with Crippen LogP contribution in [-0.2, 0) is 11.3 Å². The SMILES string of the molecule is C=CCn1c(SCC(=O)[O-])nc2cc(Cl)ccc2c1=O. The third-order valence-corrected chi connectivity index (χ3v) is 3.70. The van der Waals surface area contributed by atoms with Gasteiger partial charge in [-0.15, -0.1) is 6.58 Å². The lowest BCUT2D eigenvalue weighted by Crippen LogP contribution is -2.26. The molecular weight excluding hydrogens is 300 g/mol. The first-order chi connectivity index (χ1) is 9.52. The summed E-state index contributed by atoms with van der Waals surface area (Å²) in [7, 11) is 0. The van der Waals surface area contributed by atoms with E-state index in [0.29, 0.717) is 21.1 Å². The molecule has 1 heterocycles. The minimum absolute atomic E-state index is 0.250. The lowest BCUT2D eigenvalue weighted by molar-refractivity contribution is -0.301. The highest BCUT2D eigenvalue weighted by Gasteiger charge is 2.11. The highest BCUT2D eigenvalue weighted by atomic mass is 35.5. The molecule has 0 bridgehead atoms. The maximum Gasteiger partial charge on any atom is 0.262 e. The molecule has 0 saturated heterocycles. The van der Waals surface area contributed by atoms with Gasteiger partial charge < -0.3 is 9.90 Å². The van der Waals surface area contributed by atoms with Crippen LogP contribution in [0.15, 0.2) is 40.8 Å². The number of carbonyl (C=O) groups is 1. The first-order valence-electron chi connectivity index (χ1n) is 5.66. The Bertz CT molecular complexity index is 742. The van der Waals surface area contributed by atoms with Gasteiger partial charge in [0.15, 0.2) is 5.16 Å². The minimum Gasteiger partial charge on any atom is -0.549 e. The summed E-state index contributed by atoms with van der Waals surface area (Å²) < 4.78 is 1.37. The Morgan fingerprint density at radius 3 is 2.95 bits per heavy atom. The molecule has 7 heteroatoms. The smallest absolute Gasteiger partial charge is 0.262 e. The van der Waals surface area contributed by atoms with Crippen LogP contribution in [0.25, 0.3) is 10.9 Å². The summed E-state index contributed by atoms with van der Waals surface area (Å²) in [6.07, 6.45) is 1.55. The first kappa shape index (κ1) is 14.6. The maximum atomic E-state index is 12.4. The van der Waals surface area contributed by atoms with E-state index in [4.69, 9.17) is 11.6 Å².